The van der Waals surface area contributed by atoms with E-state index in [-0.39, 0.29) is 12.2 Å². The molecule has 0 aromatic heterocycles. The number of hydrogen-bond acceptors (Lipinski definition) is 5. The van der Waals surface area contributed by atoms with E-state index < -0.39 is 11.9 Å². The summed E-state index contributed by atoms with van der Waals surface area (Å²) in [5, 5.41) is 14.4. The molecule has 0 saturated carbocycles. The van der Waals surface area contributed by atoms with Gasteiger partial charge in [-0.2, -0.15) is 5.10 Å². The summed E-state index contributed by atoms with van der Waals surface area (Å²) in [5.74, 6) is -0.971. The fourth-order valence-corrected chi connectivity index (χ4v) is 1.92. The largest absolute Gasteiger partial charge is 0.545 e. The van der Waals surface area contributed by atoms with Crippen molar-refractivity contribution in [1.82, 2.24) is 5.43 Å². The molecule has 0 unspecified atom stereocenters. The first-order valence-electron chi connectivity index (χ1n) is 7.29. The number of carboxylic acid groups (broad SMARTS) is 1. The zero-order chi connectivity index (χ0) is 17.5. The Balaban J connectivity index is 1.84. The molecule has 0 atom stereocenters. The van der Waals surface area contributed by atoms with Gasteiger partial charge in [-0.25, -0.2) is 5.43 Å². The third-order valence-electron chi connectivity index (χ3n) is 3.25. The fourth-order valence-electron chi connectivity index (χ4n) is 1.92. The first-order valence-corrected chi connectivity index (χ1v) is 7.29. The summed E-state index contributed by atoms with van der Waals surface area (Å²) < 4.78 is 5.47. The molecule has 0 radical (unpaired) electrons. The number of hydrogen-bond donors (Lipinski definition) is 1. The summed E-state index contributed by atoms with van der Waals surface area (Å²) in [4.78, 5) is 22.3. The van der Waals surface area contributed by atoms with Crippen molar-refractivity contribution in [3.8, 4) is 5.75 Å². The predicted octanol–water partition coefficient (Wildman–Crippen LogP) is 1.20. The van der Waals surface area contributed by atoms with E-state index in [2.05, 4.69) is 10.5 Å². The van der Waals surface area contributed by atoms with Crippen molar-refractivity contribution >= 4 is 18.1 Å². The molecule has 0 aliphatic rings. The van der Waals surface area contributed by atoms with Crippen molar-refractivity contribution in [1.29, 1.82) is 0 Å². The number of aryl methyl sites for hydroxylation is 2. The van der Waals surface area contributed by atoms with Gasteiger partial charge in [-0.3, -0.25) is 4.79 Å². The van der Waals surface area contributed by atoms with Crippen LogP contribution >= 0.6 is 0 Å². The van der Waals surface area contributed by atoms with Gasteiger partial charge < -0.3 is 14.6 Å². The number of carbonyl (C=O) groups excluding carboxylic acids is 2. The molecule has 0 spiro atoms. The molecule has 24 heavy (non-hydrogen) atoms. The van der Waals surface area contributed by atoms with Gasteiger partial charge in [0.2, 0.25) is 0 Å². The Hall–Kier alpha value is -3.15. The van der Waals surface area contributed by atoms with Crippen LogP contribution < -0.4 is 15.3 Å². The summed E-state index contributed by atoms with van der Waals surface area (Å²) >= 11 is 0. The summed E-state index contributed by atoms with van der Waals surface area (Å²) in [6, 6.07) is 11.7. The molecule has 1 N–H and O–H groups in total. The van der Waals surface area contributed by atoms with Crippen molar-refractivity contribution < 1.29 is 19.4 Å². The molecular formula is C18H17N2O4-. The van der Waals surface area contributed by atoms with Gasteiger partial charge >= 0.3 is 0 Å². The average molecular weight is 325 g/mol. The molecular weight excluding hydrogens is 308 g/mol. The number of amides is 1. The zero-order valence-corrected chi connectivity index (χ0v) is 13.4. The molecule has 2 aromatic rings. The second-order valence-corrected chi connectivity index (χ2v) is 5.26. The van der Waals surface area contributed by atoms with Crippen LogP contribution in [0, 0.1) is 13.8 Å². The summed E-state index contributed by atoms with van der Waals surface area (Å²) in [6.07, 6.45) is 1.41. The molecule has 0 heterocycles. The van der Waals surface area contributed by atoms with E-state index in [0.29, 0.717) is 11.3 Å². The van der Waals surface area contributed by atoms with E-state index in [1.807, 2.05) is 32.0 Å². The van der Waals surface area contributed by atoms with Gasteiger partial charge in [-0.05, 0) is 42.2 Å². The maximum atomic E-state index is 11.7. The Bertz CT molecular complexity index is 767. The van der Waals surface area contributed by atoms with E-state index in [9.17, 15) is 14.7 Å². The second kappa shape index (κ2) is 7.92. The Morgan fingerprint density at radius 1 is 1.17 bits per heavy atom. The van der Waals surface area contributed by atoms with Crippen LogP contribution in [0.4, 0.5) is 0 Å². The van der Waals surface area contributed by atoms with E-state index in [0.717, 1.165) is 11.1 Å². The van der Waals surface area contributed by atoms with Gasteiger partial charge in [0.25, 0.3) is 5.91 Å². The minimum Gasteiger partial charge on any atom is -0.545 e. The van der Waals surface area contributed by atoms with Crippen LogP contribution in [-0.2, 0) is 4.79 Å². The van der Waals surface area contributed by atoms with Crippen molar-refractivity contribution in [2.45, 2.75) is 13.8 Å². The third-order valence-corrected chi connectivity index (χ3v) is 3.25. The van der Waals surface area contributed by atoms with Crippen LogP contribution in [0.5, 0.6) is 5.75 Å². The minimum atomic E-state index is -1.24. The van der Waals surface area contributed by atoms with Crippen molar-refractivity contribution in [3.05, 3.63) is 64.7 Å². The zero-order valence-electron chi connectivity index (χ0n) is 13.4. The Morgan fingerprint density at radius 3 is 2.54 bits per heavy atom. The highest BCUT2D eigenvalue weighted by Gasteiger charge is 2.04. The van der Waals surface area contributed by atoms with E-state index in [1.165, 1.54) is 18.3 Å². The number of carboxylic acids is 1. The predicted molar refractivity (Wildman–Crippen MR) is 87.9 cm³/mol. The Morgan fingerprint density at radius 2 is 1.88 bits per heavy atom. The first-order chi connectivity index (χ1) is 11.5. The molecule has 6 nitrogen and oxygen atoms in total. The SMILES string of the molecule is Cc1ccc(C)c(OCC(=O)NN=Cc2ccc(C(=O)[O-])cc2)c1. The number of carbonyl (C=O) groups is 2. The maximum Gasteiger partial charge on any atom is 0.277 e. The molecule has 0 saturated heterocycles. The summed E-state index contributed by atoms with van der Waals surface area (Å²) in [5.41, 5.74) is 5.08. The maximum absolute atomic E-state index is 11.7. The van der Waals surface area contributed by atoms with Crippen LogP contribution in [0.2, 0.25) is 0 Å². The van der Waals surface area contributed by atoms with Crippen molar-refractivity contribution in [2.24, 2.45) is 5.10 Å². The second-order valence-electron chi connectivity index (χ2n) is 5.26. The van der Waals surface area contributed by atoms with Gasteiger partial charge in [-0.15, -0.1) is 0 Å². The van der Waals surface area contributed by atoms with Crippen LogP contribution in [-0.4, -0.2) is 24.7 Å². The highest BCUT2D eigenvalue weighted by molar-refractivity contribution is 5.88. The topological polar surface area (TPSA) is 90.8 Å². The number of nitrogens with zero attached hydrogens (tertiary/aromatic N) is 1. The Labute approximate surface area is 139 Å². The van der Waals surface area contributed by atoms with Crippen LogP contribution in [0.15, 0.2) is 47.6 Å². The number of aromatic carboxylic acids is 1. The standard InChI is InChI=1S/C18H18N2O4/c1-12-3-4-13(2)16(9-12)24-11-17(21)20-19-10-14-5-7-15(8-6-14)18(22)23/h3-10H,11H2,1-2H3,(H,20,21)(H,22,23)/p-1. The highest BCUT2D eigenvalue weighted by atomic mass is 16.5. The quantitative estimate of drug-likeness (QED) is 0.638. The average Bonchev–Trinajstić information content (AvgIpc) is 2.56. The molecule has 2 aromatic carbocycles. The van der Waals surface area contributed by atoms with Crippen LogP contribution in [0.1, 0.15) is 27.0 Å². The summed E-state index contributed by atoms with van der Waals surface area (Å²) in [7, 11) is 0. The molecule has 0 bridgehead atoms. The van der Waals surface area contributed by atoms with Crippen LogP contribution in [0.3, 0.4) is 0 Å². The highest BCUT2D eigenvalue weighted by Crippen LogP contribution is 2.18. The Kier molecular flexibility index (Phi) is 5.68. The lowest BCUT2D eigenvalue weighted by molar-refractivity contribution is -0.255. The van der Waals surface area contributed by atoms with Crippen molar-refractivity contribution in [2.75, 3.05) is 6.61 Å². The molecule has 0 aliphatic carbocycles. The van der Waals surface area contributed by atoms with E-state index in [1.54, 1.807) is 12.1 Å². The minimum absolute atomic E-state index is 0.0816. The van der Waals surface area contributed by atoms with Gasteiger partial charge in [-0.1, -0.05) is 36.4 Å². The lowest BCUT2D eigenvalue weighted by Crippen LogP contribution is -2.24. The fraction of sp³-hybridized carbons (Fsp3) is 0.167. The molecule has 0 fully saturated rings. The number of benzene rings is 2. The first kappa shape index (κ1) is 17.2. The molecule has 1 amide bonds. The number of nitrogens with one attached hydrogen (secondary N) is 1. The number of hydrazone groups is 1. The summed E-state index contributed by atoms with van der Waals surface area (Å²) in [6.45, 7) is 3.70. The number of ether oxygens (including phenoxy) is 1. The van der Waals surface area contributed by atoms with E-state index in [4.69, 9.17) is 4.74 Å². The lowest BCUT2D eigenvalue weighted by Gasteiger charge is -2.08. The van der Waals surface area contributed by atoms with Gasteiger partial charge in [0, 0.05) is 0 Å². The molecule has 2 rings (SSSR count). The monoisotopic (exact) mass is 325 g/mol. The normalized spacial score (nSPS) is 10.6. The molecule has 124 valence electrons. The molecule has 6 heteroatoms. The van der Waals surface area contributed by atoms with Gasteiger partial charge in [0.1, 0.15) is 5.75 Å². The van der Waals surface area contributed by atoms with E-state index >= 15 is 0 Å². The molecule has 0 aliphatic heterocycles. The lowest BCUT2D eigenvalue weighted by atomic mass is 10.1. The van der Waals surface area contributed by atoms with Crippen molar-refractivity contribution in [3.63, 3.8) is 0 Å². The third kappa shape index (κ3) is 4.95. The van der Waals surface area contributed by atoms with Crippen LogP contribution in [0.25, 0.3) is 0 Å². The van der Waals surface area contributed by atoms with Gasteiger partial charge in [0.15, 0.2) is 6.61 Å². The van der Waals surface area contributed by atoms with Gasteiger partial charge in [0.05, 0.1) is 12.2 Å². The number of rotatable bonds is 6. The smallest absolute Gasteiger partial charge is 0.277 e.